The molecule has 0 aliphatic heterocycles. The Morgan fingerprint density at radius 3 is 2.68 bits per heavy atom. The van der Waals surface area contributed by atoms with E-state index in [1.807, 2.05) is 13.8 Å². The summed E-state index contributed by atoms with van der Waals surface area (Å²) in [5.74, 6) is 0.00789. The summed E-state index contributed by atoms with van der Waals surface area (Å²) in [7, 11) is 0. The molecule has 2 N–H and O–H groups in total. The summed E-state index contributed by atoms with van der Waals surface area (Å²) in [5, 5.41) is 7.88. The minimum absolute atomic E-state index is 0.0457. The number of halogens is 1. The van der Waals surface area contributed by atoms with Gasteiger partial charge in [0, 0.05) is 28.0 Å². The maximum atomic E-state index is 12.1. The number of hydrogen-bond acceptors (Lipinski definition) is 4. The normalized spacial score (nSPS) is 10.5. The summed E-state index contributed by atoms with van der Waals surface area (Å²) < 4.78 is 0.663. The van der Waals surface area contributed by atoms with Crippen LogP contribution in [0.2, 0.25) is 0 Å². The second-order valence-corrected chi connectivity index (χ2v) is 6.88. The number of hydrogen-bond donors (Lipinski definition) is 2. The van der Waals surface area contributed by atoms with E-state index in [0.717, 1.165) is 0 Å². The van der Waals surface area contributed by atoms with E-state index in [2.05, 4.69) is 31.5 Å². The fourth-order valence-corrected chi connectivity index (χ4v) is 2.79. The summed E-state index contributed by atoms with van der Waals surface area (Å²) in [4.78, 5) is 27.9. The first-order valence-corrected chi connectivity index (χ1v) is 8.43. The second-order valence-electron chi connectivity index (χ2n) is 5.13. The van der Waals surface area contributed by atoms with E-state index in [1.54, 1.807) is 29.8 Å². The quantitative estimate of drug-likeness (QED) is 0.817. The lowest BCUT2D eigenvalue weighted by atomic mass is 10.1. The Hall–Kier alpha value is -1.73. The molecule has 0 unspecified atom stereocenters. The first-order valence-electron chi connectivity index (χ1n) is 6.76. The van der Waals surface area contributed by atoms with Crippen molar-refractivity contribution in [2.75, 3.05) is 10.6 Å². The summed E-state index contributed by atoms with van der Waals surface area (Å²) >= 11 is 4.74. The monoisotopic (exact) mass is 381 g/mol. The van der Waals surface area contributed by atoms with Gasteiger partial charge in [-0.2, -0.15) is 0 Å². The van der Waals surface area contributed by atoms with Crippen molar-refractivity contribution in [1.29, 1.82) is 0 Å². The molecule has 0 saturated heterocycles. The molecule has 1 aromatic carbocycles. The highest BCUT2D eigenvalue weighted by atomic mass is 79.9. The van der Waals surface area contributed by atoms with Gasteiger partial charge in [-0.3, -0.25) is 14.9 Å². The van der Waals surface area contributed by atoms with E-state index in [-0.39, 0.29) is 11.8 Å². The van der Waals surface area contributed by atoms with Gasteiger partial charge in [-0.15, -0.1) is 11.3 Å². The Labute approximate surface area is 141 Å². The van der Waals surface area contributed by atoms with Crippen LogP contribution < -0.4 is 10.6 Å². The van der Waals surface area contributed by atoms with Crippen molar-refractivity contribution in [1.82, 2.24) is 4.98 Å². The van der Waals surface area contributed by atoms with Crippen LogP contribution in [0.3, 0.4) is 0 Å². The Bertz CT molecular complexity index is 671. The van der Waals surface area contributed by atoms with E-state index < -0.39 is 0 Å². The second kappa shape index (κ2) is 7.51. The minimum atomic E-state index is -0.240. The topological polar surface area (TPSA) is 71.1 Å². The maximum Gasteiger partial charge on any atom is 0.257 e. The molecule has 0 fully saturated rings. The zero-order chi connectivity index (χ0) is 16.1. The van der Waals surface area contributed by atoms with Gasteiger partial charge in [0.1, 0.15) is 0 Å². The molecule has 0 saturated carbocycles. The van der Waals surface area contributed by atoms with E-state index in [0.29, 0.717) is 33.2 Å². The van der Waals surface area contributed by atoms with Crippen LogP contribution in [0, 0.1) is 5.92 Å². The number of nitrogens with zero attached hydrogens (tertiary/aromatic N) is 1. The first-order chi connectivity index (χ1) is 10.5. The number of nitrogens with one attached hydrogen (secondary N) is 2. The van der Waals surface area contributed by atoms with Crippen molar-refractivity contribution < 1.29 is 9.59 Å². The summed E-state index contributed by atoms with van der Waals surface area (Å²) in [5.41, 5.74) is 1.14. The molecular weight excluding hydrogens is 366 g/mol. The predicted octanol–water partition coefficient (Wildman–Crippen LogP) is 4.14. The molecule has 0 radical (unpaired) electrons. The number of anilines is 2. The number of thiazole rings is 1. The lowest BCUT2D eigenvalue weighted by Crippen LogP contribution is -2.15. The number of carbonyl (C=O) groups excluding carboxylic acids is 2. The van der Waals surface area contributed by atoms with Gasteiger partial charge in [-0.05, 0) is 40.0 Å². The average molecular weight is 382 g/mol. The third-order valence-corrected chi connectivity index (χ3v) is 4.10. The molecule has 2 aromatic rings. The molecule has 5 nitrogen and oxygen atoms in total. The first kappa shape index (κ1) is 16.6. The van der Waals surface area contributed by atoms with Crippen molar-refractivity contribution in [3.8, 4) is 0 Å². The van der Waals surface area contributed by atoms with Crippen LogP contribution in [0.5, 0.6) is 0 Å². The van der Waals surface area contributed by atoms with Gasteiger partial charge in [0.2, 0.25) is 5.91 Å². The van der Waals surface area contributed by atoms with E-state index in [1.165, 1.54) is 11.3 Å². The zero-order valence-corrected chi connectivity index (χ0v) is 14.6. The third-order valence-electron chi connectivity index (χ3n) is 2.75. The molecule has 0 spiro atoms. The van der Waals surface area contributed by atoms with E-state index in [9.17, 15) is 9.59 Å². The SMILES string of the molecule is CC(C)CC(=O)Nc1ccc(C(=O)Nc2nccs2)cc1Br. The number of rotatable bonds is 5. The van der Waals surface area contributed by atoms with Gasteiger partial charge in [0.05, 0.1) is 5.69 Å². The van der Waals surface area contributed by atoms with Gasteiger partial charge in [0.25, 0.3) is 5.91 Å². The fraction of sp³-hybridized carbons (Fsp3) is 0.267. The Balaban J connectivity index is 2.05. The molecule has 1 heterocycles. The Morgan fingerprint density at radius 1 is 1.32 bits per heavy atom. The van der Waals surface area contributed by atoms with Crippen molar-refractivity contribution in [3.05, 3.63) is 39.8 Å². The van der Waals surface area contributed by atoms with Crippen molar-refractivity contribution in [2.24, 2.45) is 5.92 Å². The largest absolute Gasteiger partial charge is 0.325 e. The highest BCUT2D eigenvalue weighted by Gasteiger charge is 2.12. The summed E-state index contributed by atoms with van der Waals surface area (Å²) in [6.45, 7) is 3.97. The standard InChI is InChI=1S/C15H16BrN3O2S/c1-9(2)7-13(20)18-12-4-3-10(8-11(12)16)14(21)19-15-17-5-6-22-15/h3-6,8-9H,7H2,1-2H3,(H,18,20)(H,17,19,21). The summed E-state index contributed by atoms with van der Waals surface area (Å²) in [6.07, 6.45) is 2.09. The Morgan fingerprint density at radius 2 is 2.09 bits per heavy atom. The average Bonchev–Trinajstić information content (AvgIpc) is 2.93. The number of amides is 2. The molecule has 0 atom stereocenters. The molecule has 0 aliphatic rings. The molecule has 0 bridgehead atoms. The minimum Gasteiger partial charge on any atom is -0.325 e. The van der Waals surface area contributed by atoms with Crippen LogP contribution in [0.25, 0.3) is 0 Å². The number of benzene rings is 1. The molecule has 116 valence electrons. The zero-order valence-electron chi connectivity index (χ0n) is 12.2. The highest BCUT2D eigenvalue weighted by molar-refractivity contribution is 9.10. The lowest BCUT2D eigenvalue weighted by molar-refractivity contribution is -0.116. The smallest absolute Gasteiger partial charge is 0.257 e. The van der Waals surface area contributed by atoms with Crippen LogP contribution in [-0.2, 0) is 4.79 Å². The van der Waals surface area contributed by atoms with Crippen molar-refractivity contribution in [3.63, 3.8) is 0 Å². The molecule has 1 aromatic heterocycles. The summed E-state index contributed by atoms with van der Waals surface area (Å²) in [6, 6.07) is 5.05. The van der Waals surface area contributed by atoms with Crippen LogP contribution in [0.15, 0.2) is 34.2 Å². The molecule has 7 heteroatoms. The van der Waals surface area contributed by atoms with Crippen molar-refractivity contribution >= 4 is 49.9 Å². The Kier molecular flexibility index (Phi) is 5.68. The van der Waals surface area contributed by atoms with Gasteiger partial charge < -0.3 is 5.32 Å². The van der Waals surface area contributed by atoms with Gasteiger partial charge in [0.15, 0.2) is 5.13 Å². The van der Waals surface area contributed by atoms with Crippen LogP contribution in [0.4, 0.5) is 10.8 Å². The third kappa shape index (κ3) is 4.64. The molecule has 2 rings (SSSR count). The molecular formula is C15H16BrN3O2S. The molecule has 2 amide bonds. The predicted molar refractivity (Wildman–Crippen MR) is 92.3 cm³/mol. The van der Waals surface area contributed by atoms with E-state index in [4.69, 9.17) is 0 Å². The van der Waals surface area contributed by atoms with Gasteiger partial charge in [-0.1, -0.05) is 13.8 Å². The molecule has 22 heavy (non-hydrogen) atoms. The van der Waals surface area contributed by atoms with E-state index >= 15 is 0 Å². The maximum absolute atomic E-state index is 12.1. The van der Waals surface area contributed by atoms with Crippen molar-refractivity contribution in [2.45, 2.75) is 20.3 Å². The van der Waals surface area contributed by atoms with Crippen LogP contribution in [0.1, 0.15) is 30.6 Å². The van der Waals surface area contributed by atoms with Gasteiger partial charge in [-0.25, -0.2) is 4.98 Å². The van der Waals surface area contributed by atoms with Gasteiger partial charge >= 0.3 is 0 Å². The highest BCUT2D eigenvalue weighted by Crippen LogP contribution is 2.25. The molecule has 0 aliphatic carbocycles. The van der Waals surface area contributed by atoms with Crippen LogP contribution >= 0.6 is 27.3 Å². The number of carbonyl (C=O) groups is 2. The lowest BCUT2D eigenvalue weighted by Gasteiger charge is -2.10. The number of aromatic nitrogens is 1. The van der Waals surface area contributed by atoms with Crippen LogP contribution in [-0.4, -0.2) is 16.8 Å². The fourth-order valence-electron chi connectivity index (χ4n) is 1.78.